The van der Waals surface area contributed by atoms with E-state index in [-0.39, 0.29) is 0 Å². The summed E-state index contributed by atoms with van der Waals surface area (Å²) in [5.41, 5.74) is 4.18. The largest absolute Gasteiger partial charge is 0.357 e. The third-order valence-electron chi connectivity index (χ3n) is 3.34. The van der Waals surface area contributed by atoms with Gasteiger partial charge in [0.25, 0.3) is 0 Å². The first-order valence-corrected chi connectivity index (χ1v) is 7.20. The van der Waals surface area contributed by atoms with Crippen LogP contribution in [-0.2, 0) is 0 Å². The second kappa shape index (κ2) is 6.26. The van der Waals surface area contributed by atoms with E-state index in [1.165, 1.54) is 5.56 Å². The first kappa shape index (κ1) is 14.1. The van der Waals surface area contributed by atoms with Gasteiger partial charge in [-0.2, -0.15) is 4.98 Å². The van der Waals surface area contributed by atoms with Gasteiger partial charge in [0.15, 0.2) is 0 Å². The summed E-state index contributed by atoms with van der Waals surface area (Å²) in [6.45, 7) is 2.07. The number of anilines is 3. The average molecular weight is 290 g/mol. The van der Waals surface area contributed by atoms with Crippen molar-refractivity contribution in [3.05, 3.63) is 66.2 Å². The predicted octanol–water partition coefficient (Wildman–Crippen LogP) is 4.24. The molecule has 2 aromatic carbocycles. The molecule has 3 aromatic rings. The van der Waals surface area contributed by atoms with E-state index in [4.69, 9.17) is 0 Å². The summed E-state index contributed by atoms with van der Waals surface area (Å²) >= 11 is 0. The van der Waals surface area contributed by atoms with Crippen LogP contribution < -0.4 is 10.6 Å². The molecule has 0 radical (unpaired) electrons. The second-order valence-electron chi connectivity index (χ2n) is 5.07. The smallest absolute Gasteiger partial charge is 0.224 e. The Bertz CT molecular complexity index is 752. The van der Waals surface area contributed by atoms with Gasteiger partial charge in [0.2, 0.25) is 5.95 Å². The molecule has 0 unspecified atom stereocenters. The van der Waals surface area contributed by atoms with Crippen molar-refractivity contribution in [3.8, 4) is 11.3 Å². The fourth-order valence-electron chi connectivity index (χ4n) is 2.16. The number of hydrogen-bond donors (Lipinski definition) is 2. The minimum absolute atomic E-state index is 0.593. The van der Waals surface area contributed by atoms with E-state index in [1.807, 2.05) is 55.6 Å². The highest BCUT2D eigenvalue weighted by Crippen LogP contribution is 2.23. The predicted molar refractivity (Wildman–Crippen MR) is 91.5 cm³/mol. The Morgan fingerprint density at radius 2 is 1.59 bits per heavy atom. The van der Waals surface area contributed by atoms with Crippen LogP contribution in [0.15, 0.2) is 60.7 Å². The highest BCUT2D eigenvalue weighted by atomic mass is 15.1. The average Bonchev–Trinajstić information content (AvgIpc) is 2.57. The van der Waals surface area contributed by atoms with E-state index in [0.29, 0.717) is 5.95 Å². The Hall–Kier alpha value is -2.88. The quantitative estimate of drug-likeness (QED) is 0.754. The first-order valence-electron chi connectivity index (χ1n) is 7.20. The number of aromatic nitrogens is 2. The molecule has 2 N–H and O–H groups in total. The molecule has 0 aliphatic heterocycles. The van der Waals surface area contributed by atoms with Crippen molar-refractivity contribution >= 4 is 17.5 Å². The third kappa shape index (κ3) is 3.23. The molecule has 0 spiro atoms. The lowest BCUT2D eigenvalue weighted by atomic mass is 10.1. The lowest BCUT2D eigenvalue weighted by Gasteiger charge is -2.10. The van der Waals surface area contributed by atoms with Gasteiger partial charge in [-0.3, -0.25) is 0 Å². The summed E-state index contributed by atoms with van der Waals surface area (Å²) in [6.07, 6.45) is 0. The minimum Gasteiger partial charge on any atom is -0.357 e. The highest BCUT2D eigenvalue weighted by Gasteiger charge is 2.06. The number of benzene rings is 2. The maximum atomic E-state index is 4.52. The van der Waals surface area contributed by atoms with E-state index in [2.05, 4.69) is 39.7 Å². The molecule has 0 aliphatic rings. The van der Waals surface area contributed by atoms with Crippen LogP contribution in [0.1, 0.15) is 5.56 Å². The van der Waals surface area contributed by atoms with Gasteiger partial charge in [-0.25, -0.2) is 4.98 Å². The molecule has 4 nitrogen and oxygen atoms in total. The third-order valence-corrected chi connectivity index (χ3v) is 3.34. The fraction of sp³-hybridized carbons (Fsp3) is 0.111. The summed E-state index contributed by atoms with van der Waals surface area (Å²) in [7, 11) is 1.82. The highest BCUT2D eigenvalue weighted by molar-refractivity contribution is 5.67. The second-order valence-corrected chi connectivity index (χ2v) is 5.07. The molecule has 0 aliphatic carbocycles. The van der Waals surface area contributed by atoms with Gasteiger partial charge in [0.1, 0.15) is 5.82 Å². The molecule has 1 aromatic heterocycles. The maximum Gasteiger partial charge on any atom is 0.224 e. The standard InChI is InChI=1S/C18H18N4/c1-13-8-10-15(11-9-13)20-17-12-16(21-18(19-2)22-17)14-6-4-3-5-7-14/h3-12H,1-2H3,(H2,19,20,21,22). The fourth-order valence-corrected chi connectivity index (χ4v) is 2.16. The van der Waals surface area contributed by atoms with Crippen LogP contribution in [0.25, 0.3) is 11.3 Å². The van der Waals surface area contributed by atoms with Crippen LogP contribution in [0.2, 0.25) is 0 Å². The molecule has 0 saturated carbocycles. The van der Waals surface area contributed by atoms with Crippen LogP contribution in [0.3, 0.4) is 0 Å². The number of rotatable bonds is 4. The van der Waals surface area contributed by atoms with Crippen LogP contribution >= 0.6 is 0 Å². The van der Waals surface area contributed by atoms with Crippen LogP contribution in [0.4, 0.5) is 17.5 Å². The lowest BCUT2D eigenvalue weighted by Crippen LogP contribution is -2.02. The first-order chi connectivity index (χ1) is 10.7. The zero-order valence-electron chi connectivity index (χ0n) is 12.7. The van der Waals surface area contributed by atoms with Gasteiger partial charge in [-0.15, -0.1) is 0 Å². The van der Waals surface area contributed by atoms with Crippen molar-refractivity contribution < 1.29 is 0 Å². The Kier molecular flexibility index (Phi) is 4.01. The molecule has 0 atom stereocenters. The van der Waals surface area contributed by atoms with E-state index in [9.17, 15) is 0 Å². The molecule has 1 heterocycles. The molecular weight excluding hydrogens is 272 g/mol. The molecule has 3 rings (SSSR count). The molecule has 0 fully saturated rings. The SMILES string of the molecule is CNc1nc(Nc2ccc(C)cc2)cc(-c2ccccc2)n1. The summed E-state index contributed by atoms with van der Waals surface area (Å²) in [4.78, 5) is 8.98. The number of aryl methyl sites for hydroxylation is 1. The normalized spacial score (nSPS) is 10.3. The van der Waals surface area contributed by atoms with E-state index in [1.54, 1.807) is 0 Å². The molecule has 110 valence electrons. The van der Waals surface area contributed by atoms with Gasteiger partial charge in [0, 0.05) is 24.4 Å². The van der Waals surface area contributed by atoms with Crippen LogP contribution in [0, 0.1) is 6.92 Å². The van der Waals surface area contributed by atoms with Crippen molar-refractivity contribution in [2.45, 2.75) is 6.92 Å². The summed E-state index contributed by atoms with van der Waals surface area (Å²) in [6, 6.07) is 20.3. The topological polar surface area (TPSA) is 49.8 Å². The van der Waals surface area contributed by atoms with Crippen molar-refractivity contribution in [1.82, 2.24) is 9.97 Å². The zero-order chi connectivity index (χ0) is 15.4. The van der Waals surface area contributed by atoms with E-state index >= 15 is 0 Å². The van der Waals surface area contributed by atoms with Gasteiger partial charge in [0.05, 0.1) is 5.69 Å². The molecule has 4 heteroatoms. The van der Waals surface area contributed by atoms with E-state index in [0.717, 1.165) is 22.8 Å². The Morgan fingerprint density at radius 3 is 2.27 bits per heavy atom. The zero-order valence-corrected chi connectivity index (χ0v) is 12.7. The van der Waals surface area contributed by atoms with Gasteiger partial charge in [-0.05, 0) is 19.1 Å². The Balaban J connectivity index is 1.95. The summed E-state index contributed by atoms with van der Waals surface area (Å²) in [5.74, 6) is 1.36. The van der Waals surface area contributed by atoms with Crippen LogP contribution in [0.5, 0.6) is 0 Å². The molecule has 0 saturated heterocycles. The van der Waals surface area contributed by atoms with Crippen molar-refractivity contribution in [2.75, 3.05) is 17.7 Å². The Morgan fingerprint density at radius 1 is 0.864 bits per heavy atom. The van der Waals surface area contributed by atoms with Gasteiger partial charge < -0.3 is 10.6 Å². The van der Waals surface area contributed by atoms with Gasteiger partial charge in [-0.1, -0.05) is 48.0 Å². The van der Waals surface area contributed by atoms with Crippen molar-refractivity contribution in [2.24, 2.45) is 0 Å². The lowest BCUT2D eigenvalue weighted by molar-refractivity contribution is 1.15. The summed E-state index contributed by atoms with van der Waals surface area (Å²) < 4.78 is 0. The monoisotopic (exact) mass is 290 g/mol. The molecular formula is C18H18N4. The molecule has 22 heavy (non-hydrogen) atoms. The van der Waals surface area contributed by atoms with Crippen molar-refractivity contribution in [3.63, 3.8) is 0 Å². The summed E-state index contributed by atoms with van der Waals surface area (Å²) in [5, 5.41) is 6.34. The Labute approximate surface area is 130 Å². The van der Waals surface area contributed by atoms with Gasteiger partial charge >= 0.3 is 0 Å². The minimum atomic E-state index is 0.593. The van der Waals surface area contributed by atoms with E-state index < -0.39 is 0 Å². The maximum absolute atomic E-state index is 4.52. The number of hydrogen-bond acceptors (Lipinski definition) is 4. The number of nitrogens with one attached hydrogen (secondary N) is 2. The molecule has 0 amide bonds. The number of nitrogens with zero attached hydrogens (tertiary/aromatic N) is 2. The van der Waals surface area contributed by atoms with Crippen LogP contribution in [-0.4, -0.2) is 17.0 Å². The molecule has 0 bridgehead atoms. The van der Waals surface area contributed by atoms with Crippen molar-refractivity contribution in [1.29, 1.82) is 0 Å².